The van der Waals surface area contributed by atoms with Crippen LogP contribution in [0.3, 0.4) is 0 Å². The SMILES string of the molecule is CCOc1ccc(NC(=O)C(=O)Nn2c(C(=O)Nc3ccc(C)c(Cl)c3)cc3cc(Cl)ccc32)cc1. The van der Waals surface area contributed by atoms with Gasteiger partial charge in [-0.1, -0.05) is 29.3 Å². The molecule has 0 unspecified atom stereocenters. The molecule has 3 amide bonds. The molecule has 0 bridgehead atoms. The van der Waals surface area contributed by atoms with E-state index in [1.165, 1.54) is 4.68 Å². The zero-order chi connectivity index (χ0) is 25.8. The molecule has 4 aromatic rings. The van der Waals surface area contributed by atoms with Gasteiger partial charge in [0.05, 0.1) is 12.1 Å². The highest BCUT2D eigenvalue weighted by atomic mass is 35.5. The molecule has 1 heterocycles. The molecule has 0 atom stereocenters. The summed E-state index contributed by atoms with van der Waals surface area (Å²) in [4.78, 5) is 38.5. The molecular weight excluding hydrogens is 503 g/mol. The van der Waals surface area contributed by atoms with Gasteiger partial charge >= 0.3 is 11.8 Å². The Hall–Kier alpha value is -4.01. The van der Waals surface area contributed by atoms with Crippen molar-refractivity contribution in [2.75, 3.05) is 22.7 Å². The van der Waals surface area contributed by atoms with Crippen molar-refractivity contribution in [3.63, 3.8) is 0 Å². The first-order valence-electron chi connectivity index (χ1n) is 11.0. The Bertz CT molecular complexity index is 1470. The number of benzene rings is 3. The molecule has 36 heavy (non-hydrogen) atoms. The number of fused-ring (bicyclic) bond motifs is 1. The third-order valence-corrected chi connectivity index (χ3v) is 5.91. The van der Waals surface area contributed by atoms with Gasteiger partial charge in [0, 0.05) is 26.8 Å². The summed E-state index contributed by atoms with van der Waals surface area (Å²) in [5, 5.41) is 6.84. The molecule has 0 aliphatic rings. The number of nitrogens with one attached hydrogen (secondary N) is 3. The Morgan fingerprint density at radius 3 is 2.28 bits per heavy atom. The molecule has 0 saturated carbocycles. The number of halogens is 2. The first kappa shape index (κ1) is 25.1. The molecule has 10 heteroatoms. The van der Waals surface area contributed by atoms with E-state index in [-0.39, 0.29) is 5.69 Å². The molecule has 0 fully saturated rings. The Kier molecular flexibility index (Phi) is 7.47. The second-order valence-electron chi connectivity index (χ2n) is 7.84. The Labute approximate surface area is 217 Å². The van der Waals surface area contributed by atoms with Gasteiger partial charge in [0.1, 0.15) is 11.4 Å². The van der Waals surface area contributed by atoms with Crippen molar-refractivity contribution in [3.05, 3.63) is 88.0 Å². The fraction of sp³-hybridized carbons (Fsp3) is 0.115. The first-order valence-corrected chi connectivity index (χ1v) is 11.7. The topological polar surface area (TPSA) is 101 Å². The number of nitrogens with zero attached hydrogens (tertiary/aromatic N) is 1. The summed E-state index contributed by atoms with van der Waals surface area (Å²) in [6, 6.07) is 18.2. The van der Waals surface area contributed by atoms with E-state index in [0.717, 1.165) is 5.56 Å². The summed E-state index contributed by atoms with van der Waals surface area (Å²) in [6.07, 6.45) is 0. The van der Waals surface area contributed by atoms with E-state index in [9.17, 15) is 14.4 Å². The zero-order valence-electron chi connectivity index (χ0n) is 19.4. The molecular formula is C26H22Cl2N4O4. The quantitative estimate of drug-likeness (QED) is 0.285. The fourth-order valence-electron chi connectivity index (χ4n) is 3.48. The molecule has 184 valence electrons. The van der Waals surface area contributed by atoms with Crippen LogP contribution in [0, 0.1) is 6.92 Å². The average molecular weight is 525 g/mol. The molecule has 3 aromatic carbocycles. The van der Waals surface area contributed by atoms with Crippen LogP contribution in [0.5, 0.6) is 5.75 Å². The Morgan fingerprint density at radius 1 is 0.861 bits per heavy atom. The number of ether oxygens (including phenoxy) is 1. The van der Waals surface area contributed by atoms with E-state index >= 15 is 0 Å². The largest absolute Gasteiger partial charge is 0.494 e. The molecule has 0 aliphatic heterocycles. The second-order valence-corrected chi connectivity index (χ2v) is 8.68. The summed E-state index contributed by atoms with van der Waals surface area (Å²) >= 11 is 12.3. The Balaban J connectivity index is 1.58. The number of hydrogen-bond acceptors (Lipinski definition) is 4. The third-order valence-electron chi connectivity index (χ3n) is 5.27. The minimum atomic E-state index is -0.969. The normalized spacial score (nSPS) is 10.7. The van der Waals surface area contributed by atoms with Crippen molar-refractivity contribution < 1.29 is 19.1 Å². The highest BCUT2D eigenvalue weighted by Crippen LogP contribution is 2.25. The minimum Gasteiger partial charge on any atom is -0.494 e. The van der Waals surface area contributed by atoms with Crippen molar-refractivity contribution in [1.82, 2.24) is 4.68 Å². The van der Waals surface area contributed by atoms with Gasteiger partial charge in [-0.15, -0.1) is 0 Å². The van der Waals surface area contributed by atoms with Crippen molar-refractivity contribution >= 4 is 63.2 Å². The lowest BCUT2D eigenvalue weighted by Gasteiger charge is -2.13. The maximum absolute atomic E-state index is 13.1. The Morgan fingerprint density at radius 2 is 1.58 bits per heavy atom. The smallest absolute Gasteiger partial charge is 0.328 e. The van der Waals surface area contributed by atoms with Crippen LogP contribution < -0.4 is 20.8 Å². The van der Waals surface area contributed by atoms with Gasteiger partial charge in [-0.2, -0.15) is 0 Å². The maximum Gasteiger partial charge on any atom is 0.328 e. The molecule has 0 saturated heterocycles. The van der Waals surface area contributed by atoms with Crippen molar-refractivity contribution in [3.8, 4) is 5.75 Å². The summed E-state index contributed by atoms with van der Waals surface area (Å²) < 4.78 is 6.62. The number of anilines is 2. The van der Waals surface area contributed by atoms with E-state index in [1.807, 2.05) is 13.8 Å². The number of aryl methyl sites for hydroxylation is 1. The monoisotopic (exact) mass is 524 g/mol. The highest BCUT2D eigenvalue weighted by molar-refractivity contribution is 6.42. The van der Waals surface area contributed by atoms with Crippen LogP contribution in [0.1, 0.15) is 23.0 Å². The van der Waals surface area contributed by atoms with Crippen LogP contribution in [0.4, 0.5) is 11.4 Å². The van der Waals surface area contributed by atoms with Gasteiger partial charge in [0.15, 0.2) is 0 Å². The van der Waals surface area contributed by atoms with Crippen molar-refractivity contribution in [1.29, 1.82) is 0 Å². The number of amides is 3. The molecule has 3 N–H and O–H groups in total. The van der Waals surface area contributed by atoms with Crippen LogP contribution in [-0.4, -0.2) is 29.0 Å². The first-order chi connectivity index (χ1) is 17.2. The molecule has 0 radical (unpaired) electrons. The predicted octanol–water partition coefficient (Wildman–Crippen LogP) is 5.62. The van der Waals surface area contributed by atoms with E-state index < -0.39 is 17.7 Å². The lowest BCUT2D eigenvalue weighted by molar-refractivity contribution is -0.133. The van der Waals surface area contributed by atoms with Crippen LogP contribution in [0.15, 0.2) is 66.7 Å². The van der Waals surface area contributed by atoms with Gasteiger partial charge in [0.25, 0.3) is 5.91 Å². The fourth-order valence-corrected chi connectivity index (χ4v) is 3.84. The average Bonchev–Trinajstić information content (AvgIpc) is 3.20. The van der Waals surface area contributed by atoms with Gasteiger partial charge < -0.3 is 15.4 Å². The molecule has 4 rings (SSSR count). The summed E-state index contributed by atoms with van der Waals surface area (Å²) in [6.45, 7) is 4.23. The van der Waals surface area contributed by atoms with Gasteiger partial charge in [-0.25, -0.2) is 4.68 Å². The summed E-state index contributed by atoms with van der Waals surface area (Å²) in [7, 11) is 0. The van der Waals surface area contributed by atoms with Gasteiger partial charge in [-0.3, -0.25) is 19.8 Å². The number of hydrogen-bond donors (Lipinski definition) is 3. The van der Waals surface area contributed by atoms with Gasteiger partial charge in [-0.05, 0) is 80.1 Å². The summed E-state index contributed by atoms with van der Waals surface area (Å²) in [5.74, 6) is -1.76. The van der Waals surface area contributed by atoms with Crippen molar-refractivity contribution in [2.24, 2.45) is 0 Å². The highest BCUT2D eigenvalue weighted by Gasteiger charge is 2.21. The zero-order valence-corrected chi connectivity index (χ0v) is 20.9. The minimum absolute atomic E-state index is 0.0891. The van der Waals surface area contributed by atoms with Crippen molar-refractivity contribution in [2.45, 2.75) is 13.8 Å². The number of aromatic nitrogens is 1. The van der Waals surface area contributed by atoms with E-state index in [4.69, 9.17) is 27.9 Å². The lowest BCUT2D eigenvalue weighted by Crippen LogP contribution is -2.36. The van der Waals surface area contributed by atoms with Crippen LogP contribution in [0.2, 0.25) is 10.0 Å². The predicted molar refractivity (Wildman–Crippen MR) is 142 cm³/mol. The van der Waals surface area contributed by atoms with Crippen LogP contribution >= 0.6 is 23.2 Å². The standard InChI is InChI=1S/C26H22Cl2N4O4/c1-3-36-20-9-7-18(8-10-20)29-25(34)26(35)31-32-22-11-5-17(27)12-16(22)13-23(32)24(33)30-19-6-4-15(2)21(28)14-19/h4-14H,3H2,1-2H3,(H,29,34)(H,30,33)(H,31,35). The number of rotatable bonds is 6. The third kappa shape index (κ3) is 5.62. The lowest BCUT2D eigenvalue weighted by atomic mass is 10.2. The summed E-state index contributed by atoms with van der Waals surface area (Å²) in [5.41, 5.74) is 4.83. The van der Waals surface area contributed by atoms with E-state index in [0.29, 0.717) is 44.7 Å². The number of carbonyl (C=O) groups excluding carboxylic acids is 3. The number of carbonyl (C=O) groups is 3. The molecule has 0 spiro atoms. The molecule has 0 aliphatic carbocycles. The maximum atomic E-state index is 13.1. The van der Waals surface area contributed by atoms with E-state index in [2.05, 4.69) is 16.1 Å². The second kappa shape index (κ2) is 10.7. The van der Waals surface area contributed by atoms with Crippen LogP contribution in [0.25, 0.3) is 10.9 Å². The van der Waals surface area contributed by atoms with E-state index in [1.54, 1.807) is 66.7 Å². The molecule has 8 nitrogen and oxygen atoms in total. The molecule has 1 aromatic heterocycles. The van der Waals surface area contributed by atoms with Crippen LogP contribution in [-0.2, 0) is 9.59 Å². The van der Waals surface area contributed by atoms with Gasteiger partial charge in [0.2, 0.25) is 0 Å².